The van der Waals surface area contributed by atoms with E-state index in [-0.39, 0.29) is 17.1 Å². The Morgan fingerprint density at radius 1 is 1.22 bits per heavy atom. The number of nitrogens with zero attached hydrogens (tertiary/aromatic N) is 1. The van der Waals surface area contributed by atoms with Crippen LogP contribution < -0.4 is 14.8 Å². The highest BCUT2D eigenvalue weighted by molar-refractivity contribution is 6.33. The smallest absolute Gasteiger partial charge is 0.331 e. The lowest BCUT2D eigenvalue weighted by Gasteiger charge is -2.25. The molecule has 0 spiro atoms. The number of benzene rings is 1. The molecule has 140 valence electrons. The van der Waals surface area contributed by atoms with Gasteiger partial charge in [0, 0.05) is 0 Å². The summed E-state index contributed by atoms with van der Waals surface area (Å²) in [7, 11) is 2.88. The van der Waals surface area contributed by atoms with Crippen molar-refractivity contribution in [3.8, 4) is 11.5 Å². The molecule has 9 heteroatoms. The topological polar surface area (TPSA) is 98.1 Å². The number of furan rings is 1. The van der Waals surface area contributed by atoms with Gasteiger partial charge in [-0.15, -0.1) is 0 Å². The Balaban J connectivity index is 1.96. The number of halogens is 1. The molecule has 3 rings (SSSR count). The first-order valence-electron chi connectivity index (χ1n) is 7.77. The fourth-order valence-electron chi connectivity index (χ4n) is 2.58. The van der Waals surface area contributed by atoms with Crippen LogP contribution >= 0.6 is 11.6 Å². The lowest BCUT2D eigenvalue weighted by atomic mass is 10.1. The average Bonchev–Trinajstić information content (AvgIpc) is 3.15. The zero-order valence-corrected chi connectivity index (χ0v) is 15.2. The summed E-state index contributed by atoms with van der Waals surface area (Å²) in [5.41, 5.74) is 0.216. The lowest BCUT2D eigenvalue weighted by molar-refractivity contribution is -0.130. The number of amides is 4. The number of carbonyl (C=O) groups is 3. The quantitative estimate of drug-likeness (QED) is 0.622. The Labute approximate surface area is 159 Å². The van der Waals surface area contributed by atoms with Gasteiger partial charge in [0.2, 0.25) is 0 Å². The predicted octanol–water partition coefficient (Wildman–Crippen LogP) is 2.61. The number of methoxy groups -OCH3 is 2. The molecule has 0 aliphatic carbocycles. The van der Waals surface area contributed by atoms with Crippen molar-refractivity contribution in [2.24, 2.45) is 0 Å². The monoisotopic (exact) mass is 390 g/mol. The number of hydrogen-bond acceptors (Lipinski definition) is 6. The van der Waals surface area contributed by atoms with Gasteiger partial charge < -0.3 is 13.9 Å². The van der Waals surface area contributed by atoms with Crippen LogP contribution in [0, 0.1) is 0 Å². The van der Waals surface area contributed by atoms with Crippen LogP contribution in [0.5, 0.6) is 11.5 Å². The van der Waals surface area contributed by atoms with E-state index in [9.17, 15) is 14.4 Å². The van der Waals surface area contributed by atoms with Crippen molar-refractivity contribution in [2.45, 2.75) is 6.54 Å². The fraction of sp³-hybridized carbons (Fsp3) is 0.167. The van der Waals surface area contributed by atoms with E-state index < -0.39 is 17.8 Å². The second-order valence-corrected chi connectivity index (χ2v) is 5.93. The molecule has 1 aromatic heterocycles. The van der Waals surface area contributed by atoms with Crippen LogP contribution in [0.1, 0.15) is 11.3 Å². The highest BCUT2D eigenvalue weighted by atomic mass is 35.5. The normalized spacial score (nSPS) is 15.9. The molecule has 1 aromatic carbocycles. The molecule has 1 fully saturated rings. The summed E-state index contributed by atoms with van der Waals surface area (Å²) in [4.78, 5) is 37.8. The van der Waals surface area contributed by atoms with E-state index in [1.807, 2.05) is 0 Å². The summed E-state index contributed by atoms with van der Waals surface area (Å²) in [5.74, 6) is -0.474. The summed E-state index contributed by atoms with van der Waals surface area (Å²) in [5, 5.41) is 2.38. The summed E-state index contributed by atoms with van der Waals surface area (Å²) in [6.45, 7) is -0.102. The van der Waals surface area contributed by atoms with Gasteiger partial charge in [-0.05, 0) is 35.9 Å². The maximum absolute atomic E-state index is 12.7. The number of rotatable bonds is 5. The van der Waals surface area contributed by atoms with Crippen LogP contribution in [0.2, 0.25) is 5.02 Å². The molecule has 8 nitrogen and oxygen atoms in total. The second kappa shape index (κ2) is 7.55. The van der Waals surface area contributed by atoms with Crippen molar-refractivity contribution in [3.05, 3.63) is 52.4 Å². The maximum Gasteiger partial charge on any atom is 0.331 e. The number of nitrogens with one attached hydrogen (secondary N) is 1. The molecule has 0 bridgehead atoms. The lowest BCUT2D eigenvalue weighted by Crippen LogP contribution is -2.53. The van der Waals surface area contributed by atoms with Crippen LogP contribution in [0.25, 0.3) is 6.08 Å². The number of urea groups is 1. The van der Waals surface area contributed by atoms with Crippen molar-refractivity contribution in [2.75, 3.05) is 14.2 Å². The molecule has 0 unspecified atom stereocenters. The van der Waals surface area contributed by atoms with Gasteiger partial charge in [0.1, 0.15) is 11.3 Å². The third-order valence-corrected chi connectivity index (χ3v) is 4.13. The van der Waals surface area contributed by atoms with E-state index >= 15 is 0 Å². The largest absolute Gasteiger partial charge is 0.493 e. The second-order valence-electron chi connectivity index (χ2n) is 5.53. The van der Waals surface area contributed by atoms with Crippen LogP contribution in [-0.4, -0.2) is 37.0 Å². The highest BCUT2D eigenvalue weighted by Gasteiger charge is 2.36. The minimum Gasteiger partial charge on any atom is -0.493 e. The number of hydrogen-bond donors (Lipinski definition) is 1. The molecule has 2 aromatic rings. The molecule has 1 aliphatic rings. The number of carbonyl (C=O) groups excluding carboxylic acids is 3. The molecule has 0 radical (unpaired) electrons. The molecule has 27 heavy (non-hydrogen) atoms. The standard InChI is InChI=1S/C18H15ClN2O6/c1-25-14-8-10(7-13(19)15(14)26-2)6-12-16(22)20-18(24)21(17(12)23)9-11-4-3-5-27-11/h3-8H,9H2,1-2H3,(H,20,22,24)/b12-6+. The van der Waals surface area contributed by atoms with Gasteiger partial charge in [0.05, 0.1) is 32.1 Å². The third kappa shape index (κ3) is 3.65. The zero-order valence-electron chi connectivity index (χ0n) is 14.4. The molecular formula is C18H15ClN2O6. The molecule has 1 aliphatic heterocycles. The Morgan fingerprint density at radius 2 is 2.00 bits per heavy atom. The van der Waals surface area contributed by atoms with Gasteiger partial charge >= 0.3 is 6.03 Å². The van der Waals surface area contributed by atoms with Gasteiger partial charge in [-0.3, -0.25) is 19.8 Å². The number of imide groups is 2. The van der Waals surface area contributed by atoms with E-state index in [1.54, 1.807) is 18.2 Å². The molecule has 0 saturated carbocycles. The summed E-state index contributed by atoms with van der Waals surface area (Å²) in [6, 6.07) is 5.52. The van der Waals surface area contributed by atoms with E-state index in [4.69, 9.17) is 25.5 Å². The highest BCUT2D eigenvalue weighted by Crippen LogP contribution is 2.36. The van der Waals surface area contributed by atoms with Crippen molar-refractivity contribution < 1.29 is 28.3 Å². The molecule has 1 N–H and O–H groups in total. The maximum atomic E-state index is 12.7. The van der Waals surface area contributed by atoms with E-state index in [1.165, 1.54) is 32.6 Å². The summed E-state index contributed by atoms with van der Waals surface area (Å²) in [6.07, 6.45) is 2.75. The Morgan fingerprint density at radius 3 is 2.63 bits per heavy atom. The minimum atomic E-state index is -0.816. The van der Waals surface area contributed by atoms with Crippen molar-refractivity contribution >= 4 is 35.5 Å². The molecular weight excluding hydrogens is 376 g/mol. The number of barbiturate groups is 1. The summed E-state index contributed by atoms with van der Waals surface area (Å²) < 4.78 is 15.5. The third-order valence-electron chi connectivity index (χ3n) is 3.85. The molecule has 0 atom stereocenters. The fourth-order valence-corrected chi connectivity index (χ4v) is 2.88. The van der Waals surface area contributed by atoms with Gasteiger partial charge in [0.15, 0.2) is 11.5 Å². The average molecular weight is 391 g/mol. The van der Waals surface area contributed by atoms with E-state index in [0.29, 0.717) is 22.8 Å². The summed E-state index contributed by atoms with van der Waals surface area (Å²) >= 11 is 6.15. The first-order chi connectivity index (χ1) is 12.9. The van der Waals surface area contributed by atoms with Crippen LogP contribution in [0.4, 0.5) is 4.79 Å². The Hall–Kier alpha value is -3.26. The SMILES string of the molecule is COc1cc(/C=C2\C(=O)NC(=O)N(Cc3ccco3)C2=O)cc(Cl)c1OC. The van der Waals surface area contributed by atoms with Crippen molar-refractivity contribution in [3.63, 3.8) is 0 Å². The molecule has 2 heterocycles. The van der Waals surface area contributed by atoms with E-state index in [0.717, 1.165) is 4.90 Å². The van der Waals surface area contributed by atoms with Crippen LogP contribution in [-0.2, 0) is 16.1 Å². The minimum absolute atomic E-state index is 0.102. The van der Waals surface area contributed by atoms with Gasteiger partial charge in [-0.2, -0.15) is 0 Å². The Kier molecular flexibility index (Phi) is 5.18. The zero-order chi connectivity index (χ0) is 19.6. The molecule has 4 amide bonds. The van der Waals surface area contributed by atoms with Crippen molar-refractivity contribution in [1.82, 2.24) is 10.2 Å². The van der Waals surface area contributed by atoms with Gasteiger partial charge in [0.25, 0.3) is 11.8 Å². The van der Waals surface area contributed by atoms with Crippen molar-refractivity contribution in [1.29, 1.82) is 0 Å². The first kappa shape index (κ1) is 18.5. The molecule has 1 saturated heterocycles. The van der Waals surface area contributed by atoms with E-state index in [2.05, 4.69) is 5.32 Å². The van der Waals surface area contributed by atoms with Crippen LogP contribution in [0.15, 0.2) is 40.5 Å². The Bertz CT molecular complexity index is 936. The number of ether oxygens (including phenoxy) is 2. The first-order valence-corrected chi connectivity index (χ1v) is 8.15. The van der Waals surface area contributed by atoms with Gasteiger partial charge in [-0.1, -0.05) is 11.6 Å². The predicted molar refractivity (Wildman–Crippen MR) is 95.3 cm³/mol. The van der Waals surface area contributed by atoms with Crippen LogP contribution in [0.3, 0.4) is 0 Å². The van der Waals surface area contributed by atoms with Gasteiger partial charge in [-0.25, -0.2) is 4.79 Å².